The summed E-state index contributed by atoms with van der Waals surface area (Å²) in [6, 6.07) is 1.33. The van der Waals surface area contributed by atoms with Gasteiger partial charge in [-0.2, -0.15) is 5.10 Å². The van der Waals surface area contributed by atoms with Crippen LogP contribution in [0, 0.1) is 18.7 Å². The number of likely N-dealkylation sites (tertiary alicyclic amines) is 1. The fourth-order valence-corrected chi connectivity index (χ4v) is 4.76. The molecule has 0 bridgehead atoms. The summed E-state index contributed by atoms with van der Waals surface area (Å²) >= 11 is 6.35. The summed E-state index contributed by atoms with van der Waals surface area (Å²) < 4.78 is 22.7. The summed E-state index contributed by atoms with van der Waals surface area (Å²) in [5.41, 5.74) is 8.69. The number of rotatable bonds is 6. The molecule has 1 unspecified atom stereocenters. The molecule has 3 heterocycles. The predicted octanol–water partition coefficient (Wildman–Crippen LogP) is 4.18. The van der Waals surface area contributed by atoms with Crippen LogP contribution in [0.25, 0.3) is 11.0 Å². The van der Waals surface area contributed by atoms with E-state index in [4.69, 9.17) is 22.1 Å². The molecule has 1 saturated heterocycles. The molecule has 0 radical (unpaired) electrons. The van der Waals surface area contributed by atoms with Gasteiger partial charge in [0.1, 0.15) is 23.7 Å². The molecule has 1 aliphatic heterocycles. The molecule has 1 aromatic carbocycles. The molecule has 31 heavy (non-hydrogen) atoms. The van der Waals surface area contributed by atoms with Crippen LogP contribution in [0.5, 0.6) is 5.75 Å². The van der Waals surface area contributed by atoms with Gasteiger partial charge < -0.3 is 15.4 Å². The number of hydrogen-bond donors (Lipinski definition) is 1. The summed E-state index contributed by atoms with van der Waals surface area (Å²) in [6.07, 6.45) is 1.42. The number of aryl methyl sites for hydroxylation is 1. The van der Waals surface area contributed by atoms with Crippen LogP contribution in [-0.2, 0) is 0 Å². The molecule has 3 aromatic rings. The summed E-state index contributed by atoms with van der Waals surface area (Å²) in [4.78, 5) is 10.8. The maximum atomic E-state index is 15.2. The molecule has 0 saturated carbocycles. The topological polar surface area (TPSA) is 82.1 Å². The smallest absolute Gasteiger partial charge is 0.164 e. The van der Waals surface area contributed by atoms with E-state index in [1.807, 2.05) is 13.8 Å². The summed E-state index contributed by atoms with van der Waals surface area (Å²) in [5, 5.41) is 5.44. The number of hydrogen-bond acceptors (Lipinski definition) is 6. The molecule has 4 rings (SSSR count). The predicted molar refractivity (Wildman–Crippen MR) is 120 cm³/mol. The Bertz CT molecular complexity index is 1130. The van der Waals surface area contributed by atoms with Crippen molar-refractivity contribution < 1.29 is 9.13 Å². The van der Waals surface area contributed by atoms with Crippen molar-refractivity contribution in [3.63, 3.8) is 0 Å². The maximum absolute atomic E-state index is 15.2. The highest BCUT2D eigenvalue weighted by molar-refractivity contribution is 6.31. The number of nitrogens with two attached hydrogens (primary N) is 1. The number of fused-ring (bicyclic) bond motifs is 1. The first-order valence-electron chi connectivity index (χ1n) is 10.5. The van der Waals surface area contributed by atoms with Gasteiger partial charge >= 0.3 is 0 Å². The van der Waals surface area contributed by atoms with E-state index < -0.39 is 5.82 Å². The fourth-order valence-electron chi connectivity index (χ4n) is 4.54. The average molecular weight is 447 g/mol. The van der Waals surface area contributed by atoms with Gasteiger partial charge in [-0.25, -0.2) is 19.0 Å². The quantitative estimate of drug-likeness (QED) is 0.611. The highest BCUT2D eigenvalue weighted by Crippen LogP contribution is 2.43. The van der Waals surface area contributed by atoms with Crippen LogP contribution in [-0.4, -0.2) is 51.4 Å². The van der Waals surface area contributed by atoms with Crippen LogP contribution in [0.15, 0.2) is 12.4 Å². The van der Waals surface area contributed by atoms with E-state index in [1.54, 1.807) is 17.9 Å². The number of anilines is 1. The second-order valence-corrected chi connectivity index (χ2v) is 9.09. The lowest BCUT2D eigenvalue weighted by atomic mass is 9.87. The van der Waals surface area contributed by atoms with Gasteiger partial charge in [-0.15, -0.1) is 0 Å². The number of nitrogen functional groups attached to an aromatic ring is 1. The number of ether oxygens (including phenoxy) is 1. The second kappa shape index (κ2) is 8.24. The highest BCUT2D eigenvalue weighted by atomic mass is 35.5. The lowest BCUT2D eigenvalue weighted by molar-refractivity contribution is 0.127. The van der Waals surface area contributed by atoms with Gasteiger partial charge in [-0.1, -0.05) is 25.4 Å². The molecule has 166 valence electrons. The van der Waals surface area contributed by atoms with Crippen LogP contribution >= 0.6 is 11.6 Å². The van der Waals surface area contributed by atoms with Crippen LogP contribution in [0.4, 0.5) is 10.2 Å². The van der Waals surface area contributed by atoms with Crippen molar-refractivity contribution in [2.45, 2.75) is 39.7 Å². The Hall–Kier alpha value is -2.45. The van der Waals surface area contributed by atoms with E-state index in [0.717, 1.165) is 30.9 Å². The molecule has 7 nitrogen and oxygen atoms in total. The monoisotopic (exact) mass is 446 g/mol. The zero-order valence-corrected chi connectivity index (χ0v) is 19.2. The van der Waals surface area contributed by atoms with Crippen LogP contribution in [0.3, 0.4) is 0 Å². The number of nitrogens with zero attached hydrogens (tertiary/aromatic N) is 5. The Morgan fingerprint density at radius 3 is 2.65 bits per heavy atom. The highest BCUT2D eigenvalue weighted by Gasteiger charge is 2.35. The first kappa shape index (κ1) is 21.8. The van der Waals surface area contributed by atoms with Gasteiger partial charge in [0.05, 0.1) is 29.3 Å². The van der Waals surface area contributed by atoms with Gasteiger partial charge in [0, 0.05) is 36.7 Å². The van der Waals surface area contributed by atoms with Gasteiger partial charge in [0.2, 0.25) is 0 Å². The van der Waals surface area contributed by atoms with Crippen molar-refractivity contribution in [1.29, 1.82) is 0 Å². The summed E-state index contributed by atoms with van der Waals surface area (Å²) in [7, 11) is 1.57. The van der Waals surface area contributed by atoms with Gasteiger partial charge in [0.15, 0.2) is 5.65 Å². The number of methoxy groups -OCH3 is 1. The van der Waals surface area contributed by atoms with Gasteiger partial charge in [0.25, 0.3) is 0 Å². The minimum absolute atomic E-state index is 0.0346. The summed E-state index contributed by atoms with van der Waals surface area (Å²) in [5.74, 6) is 1.09. The van der Waals surface area contributed by atoms with Gasteiger partial charge in [-0.05, 0) is 25.8 Å². The minimum Gasteiger partial charge on any atom is -0.496 e. The molecule has 1 atom stereocenters. The molecule has 1 aliphatic rings. The van der Waals surface area contributed by atoms with E-state index in [0.29, 0.717) is 34.1 Å². The zero-order chi connectivity index (χ0) is 22.4. The SMILES string of the molecule is COc1c(C(C)n2nc(C)c3c(N)ncnc32)cc(Cl)c(F)c1C1CN(CC(C)C)C1. The van der Waals surface area contributed by atoms with E-state index in [1.165, 1.54) is 6.33 Å². The third-order valence-electron chi connectivity index (χ3n) is 5.94. The molecule has 1 fully saturated rings. The van der Waals surface area contributed by atoms with E-state index in [2.05, 4.69) is 33.8 Å². The van der Waals surface area contributed by atoms with Crippen molar-refractivity contribution in [3.8, 4) is 5.75 Å². The lowest BCUT2D eigenvalue weighted by Crippen LogP contribution is -2.47. The molecular formula is C22H28ClFN6O. The van der Waals surface area contributed by atoms with Crippen molar-refractivity contribution in [3.05, 3.63) is 40.1 Å². The first-order chi connectivity index (χ1) is 14.7. The van der Waals surface area contributed by atoms with Gasteiger partial charge in [-0.3, -0.25) is 0 Å². The second-order valence-electron chi connectivity index (χ2n) is 8.68. The Kier molecular flexibility index (Phi) is 5.79. The average Bonchev–Trinajstić information content (AvgIpc) is 3.03. The molecular weight excluding hydrogens is 419 g/mol. The lowest BCUT2D eigenvalue weighted by Gasteiger charge is -2.41. The number of aromatic nitrogens is 4. The molecule has 2 N–H and O–H groups in total. The van der Waals surface area contributed by atoms with Crippen molar-refractivity contribution in [2.24, 2.45) is 5.92 Å². The fraction of sp³-hybridized carbons (Fsp3) is 0.500. The Balaban J connectivity index is 1.78. The molecule has 2 aromatic heterocycles. The standard InChI is InChI=1S/C22H28ClFN6O/c1-11(2)7-29-8-14(9-29)18-19(24)16(23)6-15(20(18)31-5)13(4)30-22-17(12(3)28-30)21(25)26-10-27-22/h6,10-11,13-14H,7-9H2,1-5H3,(H2,25,26,27). The third kappa shape index (κ3) is 3.72. The number of benzene rings is 1. The first-order valence-corrected chi connectivity index (χ1v) is 10.8. The normalized spacial score (nSPS) is 16.1. The van der Waals surface area contributed by atoms with Crippen LogP contribution < -0.4 is 10.5 Å². The maximum Gasteiger partial charge on any atom is 0.164 e. The zero-order valence-electron chi connectivity index (χ0n) is 18.5. The summed E-state index contributed by atoms with van der Waals surface area (Å²) in [6.45, 7) is 10.8. The molecule has 9 heteroatoms. The molecule has 0 amide bonds. The van der Waals surface area contributed by atoms with E-state index in [-0.39, 0.29) is 17.0 Å². The Morgan fingerprint density at radius 2 is 2.00 bits per heavy atom. The number of halogens is 2. The van der Waals surface area contributed by atoms with Crippen molar-refractivity contribution in [2.75, 3.05) is 32.5 Å². The molecule has 0 spiro atoms. The minimum atomic E-state index is -0.406. The Labute approximate surface area is 186 Å². The van der Waals surface area contributed by atoms with E-state index in [9.17, 15) is 0 Å². The third-order valence-corrected chi connectivity index (χ3v) is 6.21. The Morgan fingerprint density at radius 1 is 1.29 bits per heavy atom. The molecule has 0 aliphatic carbocycles. The van der Waals surface area contributed by atoms with E-state index >= 15 is 4.39 Å². The van der Waals surface area contributed by atoms with Crippen LogP contribution in [0.2, 0.25) is 5.02 Å². The van der Waals surface area contributed by atoms with Crippen molar-refractivity contribution in [1.82, 2.24) is 24.6 Å². The largest absolute Gasteiger partial charge is 0.496 e. The van der Waals surface area contributed by atoms with Crippen LogP contribution in [0.1, 0.15) is 49.6 Å². The van der Waals surface area contributed by atoms with Crippen molar-refractivity contribution >= 4 is 28.5 Å².